The molecule has 1 aromatic carbocycles. The SMILES string of the molecule is Cc1cc([O][Ti]([F])[SiH](C)C)cc(C(C)(C)C)c1. The van der Waals surface area contributed by atoms with Crippen LogP contribution in [0.3, 0.4) is 0 Å². The maximum atomic E-state index is 13.8. The third kappa shape index (κ3) is 4.57. The Labute approximate surface area is 112 Å². The number of hydrogen-bond acceptors (Lipinski definition) is 1. The van der Waals surface area contributed by atoms with Crippen LogP contribution < -0.4 is 3.32 Å². The van der Waals surface area contributed by atoms with Crippen molar-refractivity contribution in [3.8, 4) is 5.75 Å². The van der Waals surface area contributed by atoms with Gasteiger partial charge in [0.1, 0.15) is 0 Å². The molecule has 0 aliphatic heterocycles. The summed E-state index contributed by atoms with van der Waals surface area (Å²) >= 11 is -2.73. The van der Waals surface area contributed by atoms with Crippen molar-refractivity contribution in [1.29, 1.82) is 0 Å². The molecule has 0 atom stereocenters. The summed E-state index contributed by atoms with van der Waals surface area (Å²) in [6.45, 7) is 11.3. The molecule has 0 aromatic heterocycles. The molecule has 0 unspecified atom stereocenters. The van der Waals surface area contributed by atoms with Crippen LogP contribution in [0.2, 0.25) is 13.1 Å². The molecule has 1 aromatic rings. The fourth-order valence-electron chi connectivity index (χ4n) is 1.47. The van der Waals surface area contributed by atoms with Gasteiger partial charge in [0.2, 0.25) is 0 Å². The molecular formula is C13H22FOSiTi. The van der Waals surface area contributed by atoms with Crippen molar-refractivity contribution in [3.05, 3.63) is 29.3 Å². The molecule has 0 heterocycles. The first kappa shape index (κ1) is 14.9. The van der Waals surface area contributed by atoms with E-state index < -0.39 is 24.7 Å². The molecular weight excluding hydrogens is 267 g/mol. The Bertz CT molecular complexity index is 387. The summed E-state index contributed by atoms with van der Waals surface area (Å²) < 4.78 is 19.3. The fraction of sp³-hybridized carbons (Fsp3) is 0.538. The third-order valence-corrected chi connectivity index (χ3v) is 8.91. The van der Waals surface area contributed by atoms with Gasteiger partial charge in [-0.15, -0.1) is 0 Å². The monoisotopic (exact) mass is 289 g/mol. The van der Waals surface area contributed by atoms with Gasteiger partial charge in [-0.1, -0.05) is 0 Å². The van der Waals surface area contributed by atoms with Crippen LogP contribution in [0.5, 0.6) is 5.75 Å². The Morgan fingerprint density at radius 1 is 1.18 bits per heavy atom. The number of halogens is 1. The molecule has 0 aliphatic rings. The van der Waals surface area contributed by atoms with E-state index in [1.807, 2.05) is 32.2 Å². The molecule has 0 aliphatic carbocycles. The second-order valence-electron chi connectivity index (χ2n) is 5.85. The van der Waals surface area contributed by atoms with E-state index in [0.29, 0.717) is 0 Å². The maximum absolute atomic E-state index is 13.8. The van der Waals surface area contributed by atoms with E-state index in [1.54, 1.807) is 0 Å². The van der Waals surface area contributed by atoms with Gasteiger partial charge in [0.05, 0.1) is 0 Å². The Morgan fingerprint density at radius 3 is 2.24 bits per heavy atom. The normalized spacial score (nSPS) is 11.8. The molecule has 0 fully saturated rings. The average Bonchev–Trinajstić information content (AvgIpc) is 2.15. The van der Waals surface area contributed by atoms with Crippen LogP contribution in [0.15, 0.2) is 18.2 Å². The topological polar surface area (TPSA) is 9.23 Å². The minimum atomic E-state index is -2.73. The predicted molar refractivity (Wildman–Crippen MR) is 70.5 cm³/mol. The second-order valence-corrected chi connectivity index (χ2v) is 16.7. The van der Waals surface area contributed by atoms with Crippen molar-refractivity contribution in [2.45, 2.75) is 46.2 Å². The first-order chi connectivity index (χ1) is 7.70. The molecule has 0 saturated heterocycles. The van der Waals surface area contributed by atoms with Crippen molar-refractivity contribution in [2.75, 3.05) is 0 Å². The molecule has 0 spiro atoms. The summed E-state index contributed by atoms with van der Waals surface area (Å²) in [6, 6.07) is 6.09. The van der Waals surface area contributed by atoms with Gasteiger partial charge in [0.15, 0.2) is 0 Å². The molecule has 1 rings (SSSR count). The molecule has 0 radical (unpaired) electrons. The molecule has 0 N–H and O–H groups in total. The summed E-state index contributed by atoms with van der Waals surface area (Å²) in [6.07, 6.45) is 0. The van der Waals surface area contributed by atoms with Crippen LogP contribution in [0.4, 0.5) is 3.09 Å². The number of hydrogen-bond donors (Lipinski definition) is 0. The number of rotatable bonds is 3. The summed E-state index contributed by atoms with van der Waals surface area (Å²) in [5.41, 5.74) is 2.43. The van der Waals surface area contributed by atoms with Crippen LogP contribution in [0.25, 0.3) is 0 Å². The molecule has 1 nitrogen and oxygen atoms in total. The number of aryl methyl sites for hydroxylation is 1. The average molecular weight is 289 g/mol. The zero-order valence-electron chi connectivity index (χ0n) is 11.6. The van der Waals surface area contributed by atoms with Crippen LogP contribution in [-0.2, 0) is 23.5 Å². The van der Waals surface area contributed by atoms with Crippen LogP contribution in [0, 0.1) is 6.92 Å². The van der Waals surface area contributed by atoms with Gasteiger partial charge in [-0.25, -0.2) is 0 Å². The summed E-state index contributed by atoms with van der Waals surface area (Å²) in [5.74, 6) is 0.730. The Morgan fingerprint density at radius 2 is 1.76 bits per heavy atom. The van der Waals surface area contributed by atoms with Gasteiger partial charge in [0.25, 0.3) is 0 Å². The Kier molecular flexibility index (Phi) is 4.99. The van der Waals surface area contributed by atoms with E-state index in [1.165, 1.54) is 5.56 Å². The quantitative estimate of drug-likeness (QED) is 0.762. The fourth-order valence-corrected chi connectivity index (χ4v) is 3.91. The summed E-state index contributed by atoms with van der Waals surface area (Å²) in [4.78, 5) is 0. The molecule has 0 bridgehead atoms. The first-order valence-electron chi connectivity index (χ1n) is 6.02. The molecule has 0 amide bonds. The van der Waals surface area contributed by atoms with E-state index >= 15 is 0 Å². The van der Waals surface area contributed by atoms with Gasteiger partial charge < -0.3 is 0 Å². The molecule has 95 valence electrons. The van der Waals surface area contributed by atoms with Gasteiger partial charge in [0, 0.05) is 0 Å². The summed E-state index contributed by atoms with van der Waals surface area (Å²) in [7, 11) is 0. The van der Waals surface area contributed by atoms with E-state index in [9.17, 15) is 3.09 Å². The first-order valence-corrected chi connectivity index (χ1v) is 12.8. The molecule has 0 saturated carbocycles. The van der Waals surface area contributed by atoms with Gasteiger partial charge in [-0.05, 0) is 0 Å². The van der Waals surface area contributed by atoms with Crippen molar-refractivity contribution in [2.24, 2.45) is 0 Å². The van der Waals surface area contributed by atoms with Crippen LogP contribution in [-0.4, -0.2) is 6.66 Å². The van der Waals surface area contributed by atoms with Gasteiger partial charge in [-0.3, -0.25) is 0 Å². The van der Waals surface area contributed by atoms with Crippen LogP contribution >= 0.6 is 0 Å². The third-order valence-electron chi connectivity index (χ3n) is 2.59. The standard InChI is InChI=1S/C11H16O.C2H7Si.FH.Ti/c1-8-5-9(11(2,3)4)7-10(12)6-8;1-3-2;;/h5-7,12H,1-4H3;3H,1-2H3;1H;/q;;;+2/p-2. The van der Waals surface area contributed by atoms with Crippen molar-refractivity contribution in [1.82, 2.24) is 0 Å². The van der Waals surface area contributed by atoms with E-state index in [4.69, 9.17) is 3.32 Å². The van der Waals surface area contributed by atoms with Gasteiger partial charge in [-0.2, -0.15) is 0 Å². The van der Waals surface area contributed by atoms with Crippen molar-refractivity contribution in [3.63, 3.8) is 0 Å². The summed E-state index contributed by atoms with van der Waals surface area (Å²) in [5, 5.41) is 0. The Hall–Kier alpha value is -0.119. The Balaban J connectivity index is 2.98. The van der Waals surface area contributed by atoms with Gasteiger partial charge >= 0.3 is 112 Å². The second kappa shape index (κ2) is 5.68. The van der Waals surface area contributed by atoms with Crippen LogP contribution in [0.1, 0.15) is 31.9 Å². The molecule has 17 heavy (non-hydrogen) atoms. The van der Waals surface area contributed by atoms with Crippen molar-refractivity contribution >= 4 is 6.66 Å². The van der Waals surface area contributed by atoms with Crippen molar-refractivity contribution < 1.29 is 24.5 Å². The van der Waals surface area contributed by atoms with E-state index in [-0.39, 0.29) is 5.41 Å². The predicted octanol–water partition coefficient (Wildman–Crippen LogP) is 4.07. The minimum absolute atomic E-state index is 0.0792. The zero-order valence-corrected chi connectivity index (χ0v) is 14.3. The molecule has 4 heteroatoms. The number of benzene rings is 1. The van der Waals surface area contributed by atoms with E-state index in [2.05, 4.69) is 26.8 Å². The zero-order chi connectivity index (χ0) is 13.2. The van der Waals surface area contributed by atoms with E-state index in [0.717, 1.165) is 11.3 Å².